The minimum Gasteiger partial charge on any atom is -0.466 e. The van der Waals surface area contributed by atoms with Crippen LogP contribution in [0.4, 0.5) is 0 Å². The second-order valence-corrected chi connectivity index (χ2v) is 9.34. The summed E-state index contributed by atoms with van der Waals surface area (Å²) in [5.74, 6) is 0.856. The van der Waals surface area contributed by atoms with Gasteiger partial charge in [0.2, 0.25) is 0 Å². The van der Waals surface area contributed by atoms with Crippen LogP contribution in [0, 0.1) is 34.5 Å². The maximum atomic E-state index is 13.1. The highest BCUT2D eigenvalue weighted by Gasteiger charge is 2.61. The summed E-state index contributed by atoms with van der Waals surface area (Å²) in [7, 11) is 0. The minimum atomic E-state index is -0.291. The fraction of sp³-hybridized carbons (Fsp3) is 0.773. The number of hydrogen-bond donors (Lipinski definition) is 0. The minimum absolute atomic E-state index is 0.00542. The van der Waals surface area contributed by atoms with E-state index in [2.05, 4.69) is 13.8 Å². The monoisotopic (exact) mass is 358 g/mol. The normalized spacial score (nSPS) is 44.7. The van der Waals surface area contributed by atoms with E-state index in [4.69, 9.17) is 4.74 Å². The third kappa shape index (κ3) is 2.36. The Morgan fingerprint density at radius 3 is 2.54 bits per heavy atom. The molecule has 0 spiro atoms. The molecule has 26 heavy (non-hydrogen) atoms. The lowest BCUT2D eigenvalue weighted by molar-refractivity contribution is -0.151. The second kappa shape index (κ2) is 6.03. The molecule has 6 atom stereocenters. The van der Waals surface area contributed by atoms with Crippen LogP contribution in [0.3, 0.4) is 0 Å². The van der Waals surface area contributed by atoms with Crippen molar-refractivity contribution in [3.05, 3.63) is 11.6 Å². The Labute approximate surface area is 155 Å². The molecule has 0 aromatic carbocycles. The Balaban J connectivity index is 1.65. The van der Waals surface area contributed by atoms with Crippen molar-refractivity contribution in [3.63, 3.8) is 0 Å². The van der Waals surface area contributed by atoms with Gasteiger partial charge in [0, 0.05) is 17.8 Å². The number of allylic oxidation sites excluding steroid dienone is 2. The first-order valence-corrected chi connectivity index (χ1v) is 10.3. The molecule has 0 heterocycles. The zero-order valence-electron chi connectivity index (χ0n) is 16.2. The zero-order chi connectivity index (χ0) is 18.7. The van der Waals surface area contributed by atoms with E-state index in [1.54, 1.807) is 0 Å². The van der Waals surface area contributed by atoms with Crippen molar-refractivity contribution in [1.29, 1.82) is 0 Å². The summed E-state index contributed by atoms with van der Waals surface area (Å²) in [6.45, 7) is 6.63. The van der Waals surface area contributed by atoms with Crippen LogP contribution < -0.4 is 0 Å². The van der Waals surface area contributed by atoms with E-state index in [1.165, 1.54) is 0 Å². The first kappa shape index (κ1) is 17.9. The van der Waals surface area contributed by atoms with Gasteiger partial charge in [0.25, 0.3) is 0 Å². The van der Waals surface area contributed by atoms with Crippen LogP contribution >= 0.6 is 0 Å². The van der Waals surface area contributed by atoms with Gasteiger partial charge in [0.05, 0.1) is 12.5 Å². The van der Waals surface area contributed by atoms with E-state index in [9.17, 15) is 14.4 Å². The summed E-state index contributed by atoms with van der Waals surface area (Å²) >= 11 is 0. The number of esters is 1. The van der Waals surface area contributed by atoms with Crippen LogP contribution in [0.1, 0.15) is 65.7 Å². The molecule has 4 aliphatic carbocycles. The SMILES string of the molecule is CCOC(=O)[C@H]1CC[C@@]2(C)C(=CC(=O)[C@@H]3[C@@H]2CC[C@]2(C)C(=O)CC[C@@H]32)C1. The lowest BCUT2D eigenvalue weighted by Gasteiger charge is -2.55. The standard InChI is InChI=1S/C22H30O4/c1-4-26-20(25)13-7-9-21(2)14(11-13)12-17(23)19-15-5-6-18(24)22(15,3)10-8-16(19)21/h12-13,15-16,19H,4-11H2,1-3H3/t13-,15-,16-,19-,21-,22-/m0/s1. The molecular weight excluding hydrogens is 328 g/mol. The molecule has 4 nitrogen and oxygen atoms in total. The smallest absolute Gasteiger partial charge is 0.309 e. The molecule has 0 amide bonds. The largest absolute Gasteiger partial charge is 0.466 e. The van der Waals surface area contributed by atoms with Crippen LogP contribution in [0.15, 0.2) is 11.6 Å². The number of ketones is 2. The van der Waals surface area contributed by atoms with Crippen molar-refractivity contribution in [2.45, 2.75) is 65.7 Å². The Kier molecular flexibility index (Phi) is 4.16. The predicted octanol–water partition coefficient (Wildman–Crippen LogP) is 3.88. The van der Waals surface area contributed by atoms with Gasteiger partial charge in [-0.25, -0.2) is 0 Å². The first-order valence-electron chi connectivity index (χ1n) is 10.3. The van der Waals surface area contributed by atoms with Gasteiger partial charge in [0.1, 0.15) is 5.78 Å². The van der Waals surface area contributed by atoms with Crippen molar-refractivity contribution in [1.82, 2.24) is 0 Å². The van der Waals surface area contributed by atoms with Crippen molar-refractivity contribution >= 4 is 17.5 Å². The van der Waals surface area contributed by atoms with Crippen molar-refractivity contribution in [3.8, 4) is 0 Å². The molecule has 142 valence electrons. The van der Waals surface area contributed by atoms with Gasteiger partial charge in [-0.1, -0.05) is 19.4 Å². The van der Waals surface area contributed by atoms with Gasteiger partial charge in [-0.15, -0.1) is 0 Å². The van der Waals surface area contributed by atoms with Crippen LogP contribution in [-0.2, 0) is 19.1 Å². The van der Waals surface area contributed by atoms with Gasteiger partial charge in [-0.2, -0.15) is 0 Å². The molecule has 4 heteroatoms. The summed E-state index contributed by atoms with van der Waals surface area (Å²) in [5.41, 5.74) is 0.857. The summed E-state index contributed by atoms with van der Waals surface area (Å²) in [6, 6.07) is 0. The van der Waals surface area contributed by atoms with E-state index in [0.29, 0.717) is 31.1 Å². The second-order valence-electron chi connectivity index (χ2n) is 9.34. The van der Waals surface area contributed by atoms with E-state index in [1.807, 2.05) is 13.0 Å². The molecule has 0 aromatic heterocycles. The van der Waals surface area contributed by atoms with E-state index in [0.717, 1.165) is 37.7 Å². The molecule has 0 bridgehead atoms. The predicted molar refractivity (Wildman–Crippen MR) is 97.2 cm³/mol. The van der Waals surface area contributed by atoms with E-state index < -0.39 is 0 Å². The first-order chi connectivity index (χ1) is 12.3. The fourth-order valence-corrected chi connectivity index (χ4v) is 6.64. The van der Waals surface area contributed by atoms with Gasteiger partial charge in [0.15, 0.2) is 5.78 Å². The number of carbonyl (C=O) groups excluding carboxylic acids is 3. The molecule has 0 aliphatic heterocycles. The topological polar surface area (TPSA) is 60.4 Å². The van der Waals surface area contributed by atoms with Crippen LogP contribution in [0.25, 0.3) is 0 Å². The van der Waals surface area contributed by atoms with Crippen LogP contribution in [-0.4, -0.2) is 24.1 Å². The van der Waals surface area contributed by atoms with Gasteiger partial charge in [-0.05, 0) is 68.8 Å². The van der Waals surface area contributed by atoms with E-state index >= 15 is 0 Å². The highest BCUT2D eigenvalue weighted by Crippen LogP contribution is 2.63. The maximum Gasteiger partial charge on any atom is 0.309 e. The number of carbonyl (C=O) groups is 3. The van der Waals surface area contributed by atoms with Gasteiger partial charge < -0.3 is 4.74 Å². The maximum absolute atomic E-state index is 13.1. The molecule has 4 aliphatic rings. The molecule has 3 saturated carbocycles. The summed E-state index contributed by atoms with van der Waals surface area (Å²) in [4.78, 5) is 37.8. The highest BCUT2D eigenvalue weighted by atomic mass is 16.5. The van der Waals surface area contributed by atoms with Gasteiger partial charge >= 0.3 is 5.97 Å². The van der Waals surface area contributed by atoms with Crippen molar-refractivity contribution in [2.24, 2.45) is 34.5 Å². The molecule has 0 aromatic rings. The Hall–Kier alpha value is -1.45. The molecule has 0 radical (unpaired) electrons. The molecule has 0 saturated heterocycles. The number of rotatable bonds is 2. The highest BCUT2D eigenvalue weighted by molar-refractivity contribution is 5.97. The third-order valence-electron chi connectivity index (χ3n) is 8.27. The van der Waals surface area contributed by atoms with E-state index in [-0.39, 0.29) is 40.3 Å². The lowest BCUT2D eigenvalue weighted by atomic mass is 9.47. The Bertz CT molecular complexity index is 692. The zero-order valence-corrected chi connectivity index (χ0v) is 16.2. The summed E-state index contributed by atoms with van der Waals surface area (Å²) in [6.07, 6.45) is 7.65. The summed E-state index contributed by atoms with van der Waals surface area (Å²) < 4.78 is 5.22. The molecule has 3 fully saturated rings. The Morgan fingerprint density at radius 1 is 1.12 bits per heavy atom. The fourth-order valence-electron chi connectivity index (χ4n) is 6.64. The Morgan fingerprint density at radius 2 is 1.81 bits per heavy atom. The molecule has 0 N–H and O–H groups in total. The molecular formula is C22H30O4. The average molecular weight is 358 g/mol. The van der Waals surface area contributed by atoms with Crippen molar-refractivity contribution < 1.29 is 19.1 Å². The number of ether oxygens (including phenoxy) is 1. The van der Waals surface area contributed by atoms with Gasteiger partial charge in [-0.3, -0.25) is 14.4 Å². The van der Waals surface area contributed by atoms with Crippen LogP contribution in [0.5, 0.6) is 0 Å². The number of fused-ring (bicyclic) bond motifs is 5. The van der Waals surface area contributed by atoms with Crippen molar-refractivity contribution in [2.75, 3.05) is 6.61 Å². The number of hydrogen-bond acceptors (Lipinski definition) is 4. The average Bonchev–Trinajstić information content (AvgIpc) is 2.91. The third-order valence-corrected chi connectivity index (χ3v) is 8.27. The lowest BCUT2D eigenvalue weighted by Crippen LogP contribution is -2.53. The summed E-state index contributed by atoms with van der Waals surface area (Å²) in [5, 5.41) is 0. The number of Topliss-reactive ketones (excluding diaryl/α,β-unsaturated/α-hetero) is 1. The molecule has 0 unspecified atom stereocenters. The quantitative estimate of drug-likeness (QED) is 0.703. The molecule has 4 rings (SSSR count). The van der Waals surface area contributed by atoms with Crippen LogP contribution in [0.2, 0.25) is 0 Å².